The molecule has 90 valence electrons. The van der Waals surface area contributed by atoms with E-state index in [1.807, 2.05) is 19.0 Å². The van der Waals surface area contributed by atoms with Gasteiger partial charge in [-0.3, -0.25) is 5.10 Å². The Morgan fingerprint density at radius 3 is 2.53 bits per heavy atom. The number of halogens is 2. The third kappa shape index (κ3) is 2.52. The first kappa shape index (κ1) is 11.4. The maximum absolute atomic E-state index is 13.0. The van der Waals surface area contributed by atoms with E-state index in [2.05, 4.69) is 15.5 Å². The van der Waals surface area contributed by atoms with Gasteiger partial charge in [0.15, 0.2) is 17.5 Å². The number of aromatic amines is 1. The maximum Gasteiger partial charge on any atom is 0.160 e. The lowest BCUT2D eigenvalue weighted by atomic mass is 10.3. The van der Waals surface area contributed by atoms with Crippen LogP contribution >= 0.6 is 0 Å². The lowest BCUT2D eigenvalue weighted by Gasteiger charge is -2.05. The van der Waals surface area contributed by atoms with Crippen LogP contribution in [0.5, 0.6) is 0 Å². The molecule has 0 unspecified atom stereocenters. The summed E-state index contributed by atoms with van der Waals surface area (Å²) in [4.78, 5) is 1.83. The number of nitrogens with zero attached hydrogens (tertiary/aromatic N) is 2. The molecule has 0 atom stereocenters. The van der Waals surface area contributed by atoms with Crippen LogP contribution in [0.2, 0.25) is 0 Å². The second kappa shape index (κ2) is 4.40. The minimum atomic E-state index is -0.887. The monoisotopic (exact) mass is 238 g/mol. The minimum absolute atomic E-state index is 0.456. The van der Waals surface area contributed by atoms with Crippen LogP contribution in [0.4, 0.5) is 26.1 Å². The standard InChI is InChI=1S/C11H12F2N4/c1-17(2)11-6-10(15-16-11)14-7-3-4-8(12)9(13)5-7/h3-6H,1-2H3,(H2,14,15,16). The first-order valence-electron chi connectivity index (χ1n) is 5.01. The number of H-pyrrole nitrogens is 1. The molecule has 1 aromatic heterocycles. The number of aromatic nitrogens is 2. The molecule has 0 aliphatic carbocycles. The van der Waals surface area contributed by atoms with Crippen molar-refractivity contribution in [2.24, 2.45) is 0 Å². The van der Waals surface area contributed by atoms with Gasteiger partial charge in [-0.25, -0.2) is 8.78 Å². The summed E-state index contributed by atoms with van der Waals surface area (Å²) in [6.45, 7) is 0. The summed E-state index contributed by atoms with van der Waals surface area (Å²) in [5.74, 6) is -0.397. The highest BCUT2D eigenvalue weighted by Gasteiger charge is 2.05. The van der Waals surface area contributed by atoms with Crippen LogP contribution in [-0.4, -0.2) is 24.3 Å². The SMILES string of the molecule is CN(C)c1cc(Nc2ccc(F)c(F)c2)[nH]n1. The van der Waals surface area contributed by atoms with Crippen molar-refractivity contribution in [1.82, 2.24) is 10.2 Å². The smallest absolute Gasteiger partial charge is 0.160 e. The molecule has 17 heavy (non-hydrogen) atoms. The van der Waals surface area contributed by atoms with Gasteiger partial charge in [0.2, 0.25) is 0 Å². The number of rotatable bonds is 3. The molecule has 0 saturated heterocycles. The van der Waals surface area contributed by atoms with Crippen LogP contribution in [0.25, 0.3) is 0 Å². The zero-order valence-corrected chi connectivity index (χ0v) is 9.46. The van der Waals surface area contributed by atoms with Gasteiger partial charge in [-0.2, -0.15) is 5.10 Å². The molecule has 0 aliphatic rings. The third-order valence-electron chi connectivity index (χ3n) is 2.22. The second-order valence-corrected chi connectivity index (χ2v) is 3.79. The Hall–Kier alpha value is -2.11. The zero-order valence-electron chi connectivity index (χ0n) is 9.46. The van der Waals surface area contributed by atoms with Crippen molar-refractivity contribution < 1.29 is 8.78 Å². The fourth-order valence-electron chi connectivity index (χ4n) is 1.33. The van der Waals surface area contributed by atoms with Gasteiger partial charge in [0.05, 0.1) is 0 Å². The Morgan fingerprint density at radius 1 is 1.18 bits per heavy atom. The summed E-state index contributed by atoms with van der Waals surface area (Å²) < 4.78 is 25.7. The van der Waals surface area contributed by atoms with Crippen LogP contribution in [-0.2, 0) is 0 Å². The maximum atomic E-state index is 13.0. The van der Waals surface area contributed by atoms with Crippen LogP contribution in [0.3, 0.4) is 0 Å². The van der Waals surface area contributed by atoms with Crippen LogP contribution in [0.1, 0.15) is 0 Å². The summed E-state index contributed by atoms with van der Waals surface area (Å²) in [6, 6.07) is 5.38. The van der Waals surface area contributed by atoms with Crippen molar-refractivity contribution >= 4 is 17.3 Å². The highest BCUT2D eigenvalue weighted by atomic mass is 19.2. The molecule has 4 nitrogen and oxygen atoms in total. The predicted molar refractivity (Wildman–Crippen MR) is 62.6 cm³/mol. The number of anilines is 3. The Kier molecular flexibility index (Phi) is 2.95. The minimum Gasteiger partial charge on any atom is -0.361 e. The van der Waals surface area contributed by atoms with E-state index in [0.717, 1.165) is 18.0 Å². The molecule has 0 radical (unpaired) electrons. The molecule has 2 aromatic rings. The molecular formula is C11H12F2N4. The van der Waals surface area contributed by atoms with E-state index < -0.39 is 11.6 Å². The Bertz CT molecular complexity index is 522. The highest BCUT2D eigenvalue weighted by Crippen LogP contribution is 2.19. The van der Waals surface area contributed by atoms with Crippen LogP contribution < -0.4 is 10.2 Å². The highest BCUT2D eigenvalue weighted by molar-refractivity contribution is 5.59. The molecule has 1 heterocycles. The average Bonchev–Trinajstić information content (AvgIpc) is 2.72. The zero-order chi connectivity index (χ0) is 12.4. The summed E-state index contributed by atoms with van der Waals surface area (Å²) >= 11 is 0. The molecule has 0 fully saturated rings. The fourth-order valence-corrected chi connectivity index (χ4v) is 1.33. The third-order valence-corrected chi connectivity index (χ3v) is 2.22. The molecular weight excluding hydrogens is 226 g/mol. The largest absolute Gasteiger partial charge is 0.361 e. The van der Waals surface area contributed by atoms with Gasteiger partial charge in [0, 0.05) is 31.9 Å². The van der Waals surface area contributed by atoms with Gasteiger partial charge >= 0.3 is 0 Å². The van der Waals surface area contributed by atoms with Crippen molar-refractivity contribution in [2.45, 2.75) is 0 Å². The van der Waals surface area contributed by atoms with Crippen LogP contribution in [0, 0.1) is 11.6 Å². The molecule has 2 rings (SSSR count). The van der Waals surface area contributed by atoms with E-state index >= 15 is 0 Å². The summed E-state index contributed by atoms with van der Waals surface area (Å²) in [6.07, 6.45) is 0. The second-order valence-electron chi connectivity index (χ2n) is 3.79. The first-order valence-corrected chi connectivity index (χ1v) is 5.01. The van der Waals surface area contributed by atoms with Crippen molar-refractivity contribution in [3.05, 3.63) is 35.9 Å². The Balaban J connectivity index is 2.16. The molecule has 0 aliphatic heterocycles. The van der Waals surface area contributed by atoms with Crippen molar-refractivity contribution in [2.75, 3.05) is 24.3 Å². The summed E-state index contributed by atoms with van der Waals surface area (Å²) in [5, 5.41) is 9.67. The molecule has 0 bridgehead atoms. The Morgan fingerprint density at radius 2 is 1.94 bits per heavy atom. The van der Waals surface area contributed by atoms with E-state index in [9.17, 15) is 8.78 Å². The summed E-state index contributed by atoms with van der Waals surface area (Å²) in [5.41, 5.74) is 0.456. The van der Waals surface area contributed by atoms with E-state index in [-0.39, 0.29) is 0 Å². The number of hydrogen-bond acceptors (Lipinski definition) is 3. The predicted octanol–water partition coefficient (Wildman–Crippen LogP) is 2.50. The van der Waals surface area contributed by atoms with Crippen LogP contribution in [0.15, 0.2) is 24.3 Å². The normalized spacial score (nSPS) is 10.4. The summed E-state index contributed by atoms with van der Waals surface area (Å²) in [7, 11) is 3.72. The molecule has 0 saturated carbocycles. The first-order chi connectivity index (χ1) is 8.06. The molecule has 2 N–H and O–H groups in total. The quantitative estimate of drug-likeness (QED) is 0.863. The van der Waals surface area contributed by atoms with Gasteiger partial charge in [0.25, 0.3) is 0 Å². The van der Waals surface area contributed by atoms with Gasteiger partial charge in [-0.05, 0) is 12.1 Å². The lowest BCUT2D eigenvalue weighted by Crippen LogP contribution is -2.08. The number of benzene rings is 1. The van der Waals surface area contributed by atoms with E-state index in [1.165, 1.54) is 6.07 Å². The van der Waals surface area contributed by atoms with E-state index in [4.69, 9.17) is 0 Å². The van der Waals surface area contributed by atoms with Gasteiger partial charge in [-0.1, -0.05) is 0 Å². The van der Waals surface area contributed by atoms with Crippen molar-refractivity contribution in [3.63, 3.8) is 0 Å². The van der Waals surface area contributed by atoms with Crippen molar-refractivity contribution in [1.29, 1.82) is 0 Å². The van der Waals surface area contributed by atoms with E-state index in [1.54, 1.807) is 6.07 Å². The Labute approximate surface area is 97.3 Å². The average molecular weight is 238 g/mol. The van der Waals surface area contributed by atoms with Gasteiger partial charge < -0.3 is 10.2 Å². The van der Waals surface area contributed by atoms with Crippen molar-refractivity contribution in [3.8, 4) is 0 Å². The molecule has 1 aromatic carbocycles. The van der Waals surface area contributed by atoms with E-state index in [0.29, 0.717) is 11.5 Å². The number of nitrogens with one attached hydrogen (secondary N) is 2. The molecule has 0 amide bonds. The molecule has 0 spiro atoms. The lowest BCUT2D eigenvalue weighted by molar-refractivity contribution is 0.509. The fraction of sp³-hybridized carbons (Fsp3) is 0.182. The van der Waals surface area contributed by atoms with Gasteiger partial charge in [0.1, 0.15) is 5.82 Å². The van der Waals surface area contributed by atoms with Gasteiger partial charge in [-0.15, -0.1) is 0 Å². The molecule has 6 heteroatoms. The topological polar surface area (TPSA) is 44.0 Å². The number of hydrogen-bond donors (Lipinski definition) is 2.